The van der Waals surface area contributed by atoms with Crippen molar-refractivity contribution in [3.8, 4) is 0 Å². The van der Waals surface area contributed by atoms with Crippen LogP contribution in [0.4, 0.5) is 5.69 Å². The Morgan fingerprint density at radius 2 is 2.00 bits per heavy atom. The van der Waals surface area contributed by atoms with Crippen molar-refractivity contribution in [1.82, 2.24) is 9.78 Å². The highest BCUT2D eigenvalue weighted by Gasteiger charge is 2.31. The van der Waals surface area contributed by atoms with E-state index in [0.29, 0.717) is 5.56 Å². The maximum Gasteiger partial charge on any atom is 0.309 e. The Bertz CT molecular complexity index is 921. The number of nitro groups is 1. The molecule has 2 N–H and O–H groups in total. The van der Waals surface area contributed by atoms with Crippen LogP contribution in [0.5, 0.6) is 0 Å². The predicted octanol–water partition coefficient (Wildman–Crippen LogP) is 1.61. The molecule has 1 aromatic heterocycles. The van der Waals surface area contributed by atoms with E-state index in [9.17, 15) is 28.2 Å². The lowest BCUT2D eigenvalue weighted by atomic mass is 9.91. The third kappa shape index (κ3) is 3.86. The largest absolute Gasteiger partial charge is 0.394 e. The minimum absolute atomic E-state index is 0.164. The van der Waals surface area contributed by atoms with Crippen molar-refractivity contribution in [3.63, 3.8) is 0 Å². The summed E-state index contributed by atoms with van der Waals surface area (Å²) in [4.78, 5) is 10.2. The smallest absolute Gasteiger partial charge is 0.309 e. The van der Waals surface area contributed by atoms with E-state index < -0.39 is 20.6 Å². The van der Waals surface area contributed by atoms with Crippen LogP contribution in [0.15, 0.2) is 29.3 Å². The van der Waals surface area contributed by atoms with Gasteiger partial charge in [-0.3, -0.25) is 19.3 Å². The highest BCUT2D eigenvalue weighted by Crippen LogP contribution is 2.27. The Morgan fingerprint density at radius 1 is 1.36 bits per heavy atom. The van der Waals surface area contributed by atoms with Crippen molar-refractivity contribution >= 4 is 15.8 Å². The van der Waals surface area contributed by atoms with E-state index in [0.717, 1.165) is 5.56 Å². The van der Waals surface area contributed by atoms with Crippen molar-refractivity contribution in [1.29, 1.82) is 0 Å². The van der Waals surface area contributed by atoms with Gasteiger partial charge in [-0.15, -0.1) is 0 Å². The molecule has 1 atom stereocenters. The zero-order valence-corrected chi connectivity index (χ0v) is 14.8. The summed E-state index contributed by atoms with van der Waals surface area (Å²) in [5.41, 5.74) is 0.353. The van der Waals surface area contributed by atoms with Crippen molar-refractivity contribution in [2.24, 2.45) is 0 Å². The zero-order chi connectivity index (χ0) is 19.0. The van der Waals surface area contributed by atoms with Gasteiger partial charge in [0.15, 0.2) is 0 Å². The molecule has 0 aliphatic heterocycles. The first-order valence-corrected chi connectivity index (χ1v) is 8.81. The first kappa shape index (κ1) is 19.0. The number of benzene rings is 1. The van der Waals surface area contributed by atoms with Gasteiger partial charge in [0, 0.05) is 0 Å². The molecule has 0 spiro atoms. The fraction of sp³-hybridized carbons (Fsp3) is 0.400. The molecular weight excluding hydrogens is 350 g/mol. The van der Waals surface area contributed by atoms with Crippen LogP contribution in [0.25, 0.3) is 0 Å². The molecule has 0 aliphatic carbocycles. The minimum atomic E-state index is -4.36. The SMILES string of the molecule is Cc1ccc(S(=O)(=O)O)cc1CC(C)(CO)n1cc([N+](=O)[O-])c(C)n1. The van der Waals surface area contributed by atoms with Gasteiger partial charge in [0.2, 0.25) is 0 Å². The van der Waals surface area contributed by atoms with E-state index in [1.165, 1.54) is 29.9 Å². The highest BCUT2D eigenvalue weighted by atomic mass is 32.2. The number of aromatic nitrogens is 2. The fourth-order valence-corrected chi connectivity index (χ4v) is 3.06. The Kier molecular flexibility index (Phi) is 4.98. The molecule has 1 aromatic carbocycles. The lowest BCUT2D eigenvalue weighted by Gasteiger charge is -2.28. The Labute approximate surface area is 144 Å². The van der Waals surface area contributed by atoms with Gasteiger partial charge in [0.05, 0.1) is 22.0 Å². The van der Waals surface area contributed by atoms with Crippen LogP contribution in [0.3, 0.4) is 0 Å². The summed E-state index contributed by atoms with van der Waals surface area (Å²) in [5, 5.41) is 25.0. The summed E-state index contributed by atoms with van der Waals surface area (Å²) < 4.78 is 33.2. The molecule has 1 unspecified atom stereocenters. The molecule has 0 saturated carbocycles. The van der Waals surface area contributed by atoms with E-state index in [1.807, 2.05) is 0 Å². The average Bonchev–Trinajstić information content (AvgIpc) is 2.91. The van der Waals surface area contributed by atoms with Crippen LogP contribution in [0.1, 0.15) is 23.7 Å². The Morgan fingerprint density at radius 3 is 2.48 bits per heavy atom. The van der Waals surface area contributed by atoms with E-state index in [4.69, 9.17) is 0 Å². The van der Waals surface area contributed by atoms with E-state index in [-0.39, 0.29) is 29.3 Å². The Balaban J connectivity index is 2.48. The third-order valence-electron chi connectivity index (χ3n) is 4.15. The standard InChI is InChI=1S/C15H19N3O6S/c1-10-4-5-13(25(22,23)24)6-12(10)7-15(3,9-19)17-8-14(18(20)21)11(2)16-17/h4-6,8,19H,7,9H2,1-3H3,(H,22,23,24). The normalized spacial score (nSPS) is 14.3. The summed E-state index contributed by atoms with van der Waals surface area (Å²) in [6.07, 6.45) is 1.41. The number of hydrogen-bond donors (Lipinski definition) is 2. The van der Waals surface area contributed by atoms with Gasteiger partial charge in [-0.1, -0.05) is 6.07 Å². The average molecular weight is 369 g/mol. The molecule has 25 heavy (non-hydrogen) atoms. The van der Waals surface area contributed by atoms with Crippen molar-refractivity contribution < 1.29 is 23.0 Å². The van der Waals surface area contributed by atoms with Crippen LogP contribution in [-0.2, 0) is 22.1 Å². The van der Waals surface area contributed by atoms with Gasteiger partial charge in [-0.25, -0.2) is 0 Å². The molecule has 0 bridgehead atoms. The topological polar surface area (TPSA) is 136 Å². The Hall–Kier alpha value is -2.30. The number of aliphatic hydroxyl groups is 1. The summed E-state index contributed by atoms with van der Waals surface area (Å²) in [5.74, 6) is 0. The molecular formula is C15H19N3O6S. The molecule has 0 radical (unpaired) electrons. The van der Waals surface area contributed by atoms with E-state index >= 15 is 0 Å². The lowest BCUT2D eigenvalue weighted by molar-refractivity contribution is -0.385. The van der Waals surface area contributed by atoms with Gasteiger partial charge in [-0.05, 0) is 50.5 Å². The lowest BCUT2D eigenvalue weighted by Crippen LogP contribution is -2.37. The van der Waals surface area contributed by atoms with Crippen LogP contribution in [0.2, 0.25) is 0 Å². The molecule has 136 valence electrons. The van der Waals surface area contributed by atoms with Crippen LogP contribution in [-0.4, -0.2) is 39.4 Å². The monoisotopic (exact) mass is 369 g/mol. The van der Waals surface area contributed by atoms with Gasteiger partial charge < -0.3 is 5.11 Å². The molecule has 0 fully saturated rings. The van der Waals surface area contributed by atoms with Crippen molar-refractivity contribution in [2.75, 3.05) is 6.61 Å². The second kappa shape index (κ2) is 6.54. The molecule has 0 saturated heterocycles. The fourth-order valence-electron chi connectivity index (χ4n) is 2.53. The highest BCUT2D eigenvalue weighted by molar-refractivity contribution is 7.85. The first-order chi connectivity index (χ1) is 11.5. The second-order valence-corrected chi connectivity index (χ2v) is 7.62. The molecule has 0 amide bonds. The number of aliphatic hydroxyl groups excluding tert-OH is 1. The van der Waals surface area contributed by atoms with Crippen LogP contribution in [0, 0.1) is 24.0 Å². The minimum Gasteiger partial charge on any atom is -0.394 e. The molecule has 2 aromatic rings. The maximum absolute atomic E-state index is 11.3. The van der Waals surface area contributed by atoms with Gasteiger partial charge in [0.25, 0.3) is 10.1 Å². The third-order valence-corrected chi connectivity index (χ3v) is 5.00. The van der Waals surface area contributed by atoms with Gasteiger partial charge >= 0.3 is 5.69 Å². The number of nitrogens with zero attached hydrogens (tertiary/aromatic N) is 3. The van der Waals surface area contributed by atoms with Crippen LogP contribution < -0.4 is 0 Å². The quantitative estimate of drug-likeness (QED) is 0.448. The second-order valence-electron chi connectivity index (χ2n) is 6.20. The van der Waals surface area contributed by atoms with Crippen molar-refractivity contribution in [3.05, 3.63) is 51.3 Å². The molecule has 2 rings (SSSR count). The van der Waals surface area contributed by atoms with Gasteiger partial charge in [0.1, 0.15) is 11.9 Å². The summed E-state index contributed by atoms with van der Waals surface area (Å²) in [6.45, 7) is 4.54. The molecule has 9 nitrogen and oxygen atoms in total. The molecule has 10 heteroatoms. The van der Waals surface area contributed by atoms with Crippen molar-refractivity contribution in [2.45, 2.75) is 37.6 Å². The maximum atomic E-state index is 11.3. The number of hydrogen-bond acceptors (Lipinski definition) is 6. The molecule has 1 heterocycles. The summed E-state index contributed by atoms with van der Waals surface area (Å²) >= 11 is 0. The first-order valence-electron chi connectivity index (χ1n) is 7.37. The van der Waals surface area contributed by atoms with E-state index in [2.05, 4.69) is 5.10 Å². The molecule has 0 aliphatic rings. The summed E-state index contributed by atoms with van der Waals surface area (Å²) in [6, 6.07) is 4.16. The van der Waals surface area contributed by atoms with Crippen LogP contribution >= 0.6 is 0 Å². The number of aryl methyl sites for hydroxylation is 2. The predicted molar refractivity (Wildman–Crippen MR) is 89.0 cm³/mol. The number of rotatable bonds is 6. The van der Waals surface area contributed by atoms with E-state index in [1.54, 1.807) is 19.9 Å². The van der Waals surface area contributed by atoms with Gasteiger partial charge in [-0.2, -0.15) is 13.5 Å². The summed E-state index contributed by atoms with van der Waals surface area (Å²) in [7, 11) is -4.36. The zero-order valence-electron chi connectivity index (χ0n) is 14.0.